The number of nitro benzene ring substituents is 1. The number of hydrogen-bond acceptors (Lipinski definition) is 4. The molecule has 2 aromatic rings. The summed E-state index contributed by atoms with van der Waals surface area (Å²) in [5, 5.41) is 11.0. The van der Waals surface area contributed by atoms with Crippen LogP contribution in [-0.2, 0) is 11.3 Å². The Hall–Kier alpha value is -2.66. The number of rotatable bonds is 1. The highest BCUT2D eigenvalue weighted by atomic mass is 16.6. The standard InChI is InChI=1S/C19H18N2O3/c1-18(2)15-6-4-5-7-16(15)19(20(18)3)11-10-13-12-14(21(22)23)8-9-17(13)24-19/h4-12H,1-3H3. The van der Waals surface area contributed by atoms with Gasteiger partial charge in [-0.25, -0.2) is 0 Å². The second-order valence-corrected chi connectivity index (χ2v) is 6.77. The fraction of sp³-hybridized carbons (Fsp3) is 0.263. The highest BCUT2D eigenvalue weighted by Gasteiger charge is 2.53. The molecule has 1 atom stereocenters. The lowest BCUT2D eigenvalue weighted by Gasteiger charge is -2.42. The zero-order valence-corrected chi connectivity index (χ0v) is 13.8. The van der Waals surface area contributed by atoms with Gasteiger partial charge in [0, 0.05) is 28.8 Å². The number of hydrogen-bond donors (Lipinski definition) is 0. The molecule has 0 aliphatic carbocycles. The molecule has 24 heavy (non-hydrogen) atoms. The number of nitro groups is 1. The quantitative estimate of drug-likeness (QED) is 0.587. The first-order valence-electron chi connectivity index (χ1n) is 7.87. The van der Waals surface area contributed by atoms with Crippen molar-refractivity contribution in [3.8, 4) is 5.75 Å². The molecule has 2 aliphatic heterocycles. The second-order valence-electron chi connectivity index (χ2n) is 6.77. The van der Waals surface area contributed by atoms with Gasteiger partial charge in [0.15, 0.2) is 0 Å². The van der Waals surface area contributed by atoms with Crippen molar-refractivity contribution in [1.82, 2.24) is 4.90 Å². The molecule has 0 radical (unpaired) electrons. The topological polar surface area (TPSA) is 55.6 Å². The first kappa shape index (κ1) is 14.9. The van der Waals surface area contributed by atoms with Crippen LogP contribution in [0.1, 0.15) is 30.5 Å². The summed E-state index contributed by atoms with van der Waals surface area (Å²) in [7, 11) is 2.04. The molecular weight excluding hydrogens is 304 g/mol. The predicted molar refractivity (Wildman–Crippen MR) is 91.7 cm³/mol. The molecule has 0 aromatic heterocycles. The van der Waals surface area contributed by atoms with Crippen LogP contribution in [0.5, 0.6) is 5.75 Å². The Morgan fingerprint density at radius 3 is 2.54 bits per heavy atom. The summed E-state index contributed by atoms with van der Waals surface area (Å²) in [6.45, 7) is 4.34. The average Bonchev–Trinajstić information content (AvgIpc) is 2.74. The van der Waals surface area contributed by atoms with Crippen molar-refractivity contribution in [2.24, 2.45) is 0 Å². The van der Waals surface area contributed by atoms with Gasteiger partial charge in [-0.05, 0) is 44.7 Å². The smallest absolute Gasteiger partial charge is 0.270 e. The number of likely N-dealkylation sites (N-methyl/N-ethyl adjacent to an activating group) is 1. The molecule has 5 nitrogen and oxygen atoms in total. The number of nitrogens with zero attached hydrogens (tertiary/aromatic N) is 2. The van der Waals surface area contributed by atoms with Gasteiger partial charge in [0.25, 0.3) is 5.69 Å². The van der Waals surface area contributed by atoms with Gasteiger partial charge in [-0.2, -0.15) is 0 Å². The van der Waals surface area contributed by atoms with Gasteiger partial charge >= 0.3 is 0 Å². The fourth-order valence-electron chi connectivity index (χ4n) is 3.71. The zero-order chi connectivity index (χ0) is 17.1. The average molecular weight is 322 g/mol. The Morgan fingerprint density at radius 2 is 1.83 bits per heavy atom. The minimum atomic E-state index is -0.691. The first-order valence-corrected chi connectivity index (χ1v) is 7.87. The summed E-state index contributed by atoms with van der Waals surface area (Å²) in [5.41, 5.74) is 2.26. The van der Waals surface area contributed by atoms with Crippen molar-refractivity contribution >= 4 is 11.8 Å². The van der Waals surface area contributed by atoms with E-state index in [1.54, 1.807) is 12.1 Å². The summed E-state index contributed by atoms with van der Waals surface area (Å²) >= 11 is 0. The van der Waals surface area contributed by atoms with Crippen LogP contribution in [0.15, 0.2) is 48.5 Å². The van der Waals surface area contributed by atoms with Gasteiger partial charge < -0.3 is 4.74 Å². The molecule has 0 N–H and O–H groups in total. The predicted octanol–water partition coefficient (Wildman–Crippen LogP) is 4.03. The van der Waals surface area contributed by atoms with Crippen molar-refractivity contribution in [2.75, 3.05) is 7.05 Å². The SMILES string of the molecule is CN1C(C)(C)c2ccccc2C12C=Cc1cc([N+](=O)[O-])ccc1O2. The van der Waals surface area contributed by atoms with E-state index in [4.69, 9.17) is 4.74 Å². The molecule has 4 rings (SSSR count). The fourth-order valence-corrected chi connectivity index (χ4v) is 3.71. The molecule has 0 saturated heterocycles. The molecule has 2 heterocycles. The first-order chi connectivity index (χ1) is 11.4. The Labute approximate surface area is 140 Å². The highest BCUT2D eigenvalue weighted by molar-refractivity contribution is 5.66. The molecule has 1 spiro atoms. The van der Waals surface area contributed by atoms with Gasteiger partial charge in [0.05, 0.1) is 4.92 Å². The van der Waals surface area contributed by atoms with E-state index in [1.165, 1.54) is 11.6 Å². The zero-order valence-electron chi connectivity index (χ0n) is 13.8. The number of benzene rings is 2. The van der Waals surface area contributed by atoms with E-state index in [2.05, 4.69) is 30.9 Å². The summed E-state index contributed by atoms with van der Waals surface area (Å²) in [4.78, 5) is 12.8. The minimum Gasteiger partial charge on any atom is -0.464 e. The molecular formula is C19H18N2O3. The van der Waals surface area contributed by atoms with Crippen LogP contribution in [-0.4, -0.2) is 16.9 Å². The Kier molecular flexibility index (Phi) is 2.90. The van der Waals surface area contributed by atoms with Crippen LogP contribution in [0.25, 0.3) is 6.08 Å². The highest BCUT2D eigenvalue weighted by Crippen LogP contribution is 2.52. The monoisotopic (exact) mass is 322 g/mol. The normalized spacial score (nSPS) is 23.6. The van der Waals surface area contributed by atoms with Gasteiger partial charge in [0.1, 0.15) is 5.75 Å². The molecule has 0 fully saturated rings. The maximum atomic E-state index is 11.0. The van der Waals surface area contributed by atoms with E-state index < -0.39 is 10.6 Å². The molecule has 0 bridgehead atoms. The lowest BCUT2D eigenvalue weighted by atomic mass is 9.92. The maximum Gasteiger partial charge on any atom is 0.270 e. The van der Waals surface area contributed by atoms with E-state index in [0.717, 1.165) is 11.1 Å². The van der Waals surface area contributed by atoms with E-state index in [-0.39, 0.29) is 11.2 Å². The molecule has 5 heteroatoms. The van der Waals surface area contributed by atoms with Gasteiger partial charge in [-0.15, -0.1) is 0 Å². The van der Waals surface area contributed by atoms with Crippen molar-refractivity contribution in [3.05, 3.63) is 75.3 Å². The number of non-ortho nitro benzene ring substituents is 1. The number of ether oxygens (including phenoxy) is 1. The molecule has 0 saturated carbocycles. The third-order valence-corrected chi connectivity index (χ3v) is 5.27. The summed E-state index contributed by atoms with van der Waals surface area (Å²) in [6.07, 6.45) is 3.91. The Morgan fingerprint density at radius 1 is 1.12 bits per heavy atom. The van der Waals surface area contributed by atoms with Gasteiger partial charge in [-0.1, -0.05) is 24.3 Å². The van der Waals surface area contributed by atoms with Crippen LogP contribution in [0.4, 0.5) is 5.69 Å². The van der Waals surface area contributed by atoms with Crippen LogP contribution in [0.2, 0.25) is 0 Å². The van der Waals surface area contributed by atoms with Gasteiger partial charge in [0.2, 0.25) is 5.72 Å². The van der Waals surface area contributed by atoms with E-state index >= 15 is 0 Å². The second kappa shape index (κ2) is 4.68. The summed E-state index contributed by atoms with van der Waals surface area (Å²) < 4.78 is 6.41. The van der Waals surface area contributed by atoms with Crippen molar-refractivity contribution in [1.29, 1.82) is 0 Å². The molecule has 2 aromatic carbocycles. The number of fused-ring (bicyclic) bond motifs is 3. The van der Waals surface area contributed by atoms with Crippen molar-refractivity contribution in [2.45, 2.75) is 25.1 Å². The summed E-state index contributed by atoms with van der Waals surface area (Å²) in [6, 6.07) is 13.0. The van der Waals surface area contributed by atoms with Crippen LogP contribution < -0.4 is 4.74 Å². The van der Waals surface area contributed by atoms with Crippen LogP contribution >= 0.6 is 0 Å². The third-order valence-electron chi connectivity index (χ3n) is 5.27. The molecule has 122 valence electrons. The van der Waals surface area contributed by atoms with Crippen molar-refractivity contribution in [3.63, 3.8) is 0 Å². The Balaban J connectivity index is 1.87. The largest absolute Gasteiger partial charge is 0.464 e. The molecule has 2 aliphatic rings. The maximum absolute atomic E-state index is 11.0. The van der Waals surface area contributed by atoms with E-state index in [9.17, 15) is 10.1 Å². The van der Waals surface area contributed by atoms with Gasteiger partial charge in [-0.3, -0.25) is 15.0 Å². The van der Waals surface area contributed by atoms with E-state index in [0.29, 0.717) is 5.75 Å². The lowest BCUT2D eigenvalue weighted by molar-refractivity contribution is -0.384. The molecule has 1 unspecified atom stereocenters. The minimum absolute atomic E-state index is 0.0680. The summed E-state index contributed by atoms with van der Waals surface area (Å²) in [5.74, 6) is 0.655. The third kappa shape index (κ3) is 1.79. The Bertz CT molecular complexity index is 888. The lowest BCUT2D eigenvalue weighted by Crippen LogP contribution is -2.49. The molecule has 0 amide bonds. The van der Waals surface area contributed by atoms with E-state index in [1.807, 2.05) is 31.3 Å². The van der Waals surface area contributed by atoms with Crippen LogP contribution in [0, 0.1) is 10.1 Å². The van der Waals surface area contributed by atoms with Crippen molar-refractivity contribution < 1.29 is 9.66 Å². The van der Waals surface area contributed by atoms with Crippen LogP contribution in [0.3, 0.4) is 0 Å².